The van der Waals surface area contributed by atoms with Gasteiger partial charge in [0.25, 0.3) is 0 Å². The van der Waals surface area contributed by atoms with Gasteiger partial charge in [-0.1, -0.05) is 18.2 Å². The number of hydrogen-bond acceptors (Lipinski definition) is 2. The van der Waals surface area contributed by atoms with Crippen LogP contribution in [0.5, 0.6) is 0 Å². The highest BCUT2D eigenvalue weighted by Crippen LogP contribution is 2.19. The van der Waals surface area contributed by atoms with Crippen molar-refractivity contribution in [1.29, 1.82) is 0 Å². The maximum absolute atomic E-state index is 11.9. The van der Waals surface area contributed by atoms with Crippen LogP contribution in [0.2, 0.25) is 0 Å². The third-order valence-electron chi connectivity index (χ3n) is 2.70. The summed E-state index contributed by atoms with van der Waals surface area (Å²) in [4.78, 5) is 11.9. The molecule has 74 valence electrons. The molecule has 1 fully saturated rings. The van der Waals surface area contributed by atoms with E-state index in [4.69, 9.17) is 0 Å². The lowest BCUT2D eigenvalue weighted by Gasteiger charge is -2.21. The molecule has 14 heavy (non-hydrogen) atoms. The van der Waals surface area contributed by atoms with Crippen molar-refractivity contribution in [2.75, 3.05) is 13.1 Å². The Kier molecular flexibility index (Phi) is 2.35. The number of hydrogen-bond donors (Lipinski definition) is 1. The number of amides is 1. The van der Waals surface area contributed by atoms with Gasteiger partial charge < -0.3 is 0 Å². The molecule has 2 rings (SSSR count). The molecule has 0 bridgehead atoms. The van der Waals surface area contributed by atoms with Crippen LogP contribution in [0.15, 0.2) is 30.3 Å². The van der Waals surface area contributed by atoms with Crippen molar-refractivity contribution in [2.45, 2.75) is 12.8 Å². The van der Waals surface area contributed by atoms with Crippen LogP contribution in [0.4, 0.5) is 0 Å². The van der Waals surface area contributed by atoms with Gasteiger partial charge >= 0.3 is 5.91 Å². The highest BCUT2D eigenvalue weighted by molar-refractivity contribution is 5.88. The summed E-state index contributed by atoms with van der Waals surface area (Å²) in [5.41, 5.74) is 0.594. The summed E-state index contributed by atoms with van der Waals surface area (Å²) in [5, 5.41) is 10.0. The molecule has 3 nitrogen and oxygen atoms in total. The molecule has 0 aliphatic carbocycles. The van der Waals surface area contributed by atoms with E-state index in [1.807, 2.05) is 18.2 Å². The smallest absolute Gasteiger partial charge is 0.222 e. The second-order valence-corrected chi connectivity index (χ2v) is 3.75. The lowest BCUT2D eigenvalue weighted by molar-refractivity contribution is -1.03. The van der Waals surface area contributed by atoms with Gasteiger partial charge in [-0.25, -0.2) is 10.0 Å². The van der Waals surface area contributed by atoms with E-state index in [0.717, 1.165) is 12.8 Å². The number of nitrogens with zero attached hydrogens (tertiary/aromatic N) is 1. The van der Waals surface area contributed by atoms with Gasteiger partial charge in [0, 0.05) is 12.8 Å². The molecule has 0 saturated carbocycles. The van der Waals surface area contributed by atoms with E-state index in [1.54, 1.807) is 12.1 Å². The zero-order valence-corrected chi connectivity index (χ0v) is 8.02. The fraction of sp³-hybridized carbons (Fsp3) is 0.364. The van der Waals surface area contributed by atoms with Gasteiger partial charge in [-0.15, -0.1) is 4.65 Å². The number of likely N-dealkylation sites (tertiary alicyclic amines) is 1. The monoisotopic (exact) mass is 192 g/mol. The number of rotatable bonds is 1. The fourth-order valence-electron chi connectivity index (χ4n) is 1.88. The number of carbonyl (C=O) groups excluding carboxylic acids is 1. The van der Waals surface area contributed by atoms with Crippen molar-refractivity contribution in [3.05, 3.63) is 35.9 Å². The Hall–Kier alpha value is -1.19. The summed E-state index contributed by atoms with van der Waals surface area (Å²) in [6, 6.07) is 8.99. The second kappa shape index (κ2) is 3.52. The van der Waals surface area contributed by atoms with E-state index >= 15 is 0 Å². The molecule has 1 amide bonds. The fourth-order valence-corrected chi connectivity index (χ4v) is 1.88. The minimum atomic E-state index is -0.413. The van der Waals surface area contributed by atoms with Gasteiger partial charge in [0.15, 0.2) is 0 Å². The van der Waals surface area contributed by atoms with Crippen LogP contribution in [0.25, 0.3) is 0 Å². The van der Waals surface area contributed by atoms with Crippen LogP contribution in [-0.2, 0) is 0 Å². The normalized spacial score (nSPS) is 19.5. The Balaban J connectivity index is 2.24. The molecule has 0 spiro atoms. The molecule has 1 aromatic rings. The predicted octanol–water partition coefficient (Wildman–Crippen LogP) is 1.83. The van der Waals surface area contributed by atoms with Gasteiger partial charge in [-0.05, 0) is 12.1 Å². The van der Waals surface area contributed by atoms with Crippen molar-refractivity contribution >= 4 is 5.91 Å². The molecule has 1 aliphatic heterocycles. The molecule has 1 N–H and O–H groups in total. The van der Waals surface area contributed by atoms with Crippen LogP contribution >= 0.6 is 0 Å². The average molecular weight is 192 g/mol. The van der Waals surface area contributed by atoms with Gasteiger partial charge in [-0.2, -0.15) is 0 Å². The van der Waals surface area contributed by atoms with Crippen molar-refractivity contribution in [2.24, 2.45) is 0 Å². The van der Waals surface area contributed by atoms with E-state index in [1.165, 1.54) is 0 Å². The molecule has 1 aliphatic rings. The van der Waals surface area contributed by atoms with Gasteiger partial charge in [0.1, 0.15) is 13.1 Å². The highest BCUT2D eigenvalue weighted by Gasteiger charge is 2.39. The quantitative estimate of drug-likeness (QED) is 0.544. The third kappa shape index (κ3) is 1.56. The molecule has 3 heteroatoms. The first-order chi connectivity index (χ1) is 6.72. The first-order valence-corrected chi connectivity index (χ1v) is 4.92. The first-order valence-electron chi connectivity index (χ1n) is 4.92. The van der Waals surface area contributed by atoms with Crippen LogP contribution < -0.4 is 0 Å². The van der Waals surface area contributed by atoms with Crippen LogP contribution in [0.1, 0.15) is 23.2 Å². The lowest BCUT2D eigenvalue weighted by atomic mass is 10.2. The molecule has 0 radical (unpaired) electrons. The number of hydroxylamine groups is 3. The van der Waals surface area contributed by atoms with Crippen LogP contribution in [-0.4, -0.2) is 28.9 Å². The Bertz CT molecular complexity index is 328. The molecular weight excluding hydrogens is 178 g/mol. The van der Waals surface area contributed by atoms with E-state index in [0.29, 0.717) is 18.7 Å². The summed E-state index contributed by atoms with van der Waals surface area (Å²) in [7, 11) is 0. The molecule has 1 saturated heterocycles. The second-order valence-electron chi connectivity index (χ2n) is 3.75. The largest absolute Gasteiger partial charge is 0.377 e. The molecular formula is C11H14NO2+. The van der Waals surface area contributed by atoms with Gasteiger partial charge in [0.2, 0.25) is 0 Å². The Morgan fingerprint density at radius 2 is 1.71 bits per heavy atom. The number of carbonyl (C=O) groups is 1. The van der Waals surface area contributed by atoms with E-state index in [-0.39, 0.29) is 5.91 Å². The molecule has 0 unspecified atom stereocenters. The van der Waals surface area contributed by atoms with Crippen molar-refractivity contribution < 1.29 is 14.6 Å². The predicted molar refractivity (Wildman–Crippen MR) is 51.8 cm³/mol. The summed E-state index contributed by atoms with van der Waals surface area (Å²) < 4.78 is -0.413. The number of quaternary nitrogens is 1. The first kappa shape index (κ1) is 9.37. The van der Waals surface area contributed by atoms with Crippen LogP contribution in [0, 0.1) is 0 Å². The Labute approximate surface area is 83.1 Å². The molecule has 0 aromatic heterocycles. The van der Waals surface area contributed by atoms with Crippen LogP contribution in [0.3, 0.4) is 0 Å². The van der Waals surface area contributed by atoms with Gasteiger partial charge in [0.05, 0.1) is 5.56 Å². The zero-order chi connectivity index (χ0) is 10.0. The van der Waals surface area contributed by atoms with E-state index in [2.05, 4.69) is 0 Å². The lowest BCUT2D eigenvalue weighted by Crippen LogP contribution is -2.47. The van der Waals surface area contributed by atoms with Crippen molar-refractivity contribution in [1.82, 2.24) is 0 Å². The highest BCUT2D eigenvalue weighted by atomic mass is 16.6. The molecule has 1 heterocycles. The number of benzene rings is 1. The average Bonchev–Trinajstić information content (AvgIpc) is 2.67. The summed E-state index contributed by atoms with van der Waals surface area (Å²) in [5.74, 6) is -0.178. The standard InChI is InChI=1S/C11H14NO2/c13-11(10-6-2-1-3-7-10)12(14)8-4-5-9-12/h1-3,6-7,14H,4-5,8-9H2/q+1. The molecule has 0 atom stereocenters. The molecule has 1 aromatic carbocycles. The summed E-state index contributed by atoms with van der Waals surface area (Å²) in [6.45, 7) is 1.10. The summed E-state index contributed by atoms with van der Waals surface area (Å²) in [6.07, 6.45) is 1.85. The Morgan fingerprint density at radius 1 is 1.14 bits per heavy atom. The topological polar surface area (TPSA) is 37.3 Å². The SMILES string of the molecule is O=C(c1ccccc1)[N+]1(O)CCCC1. The van der Waals surface area contributed by atoms with E-state index in [9.17, 15) is 10.0 Å². The third-order valence-corrected chi connectivity index (χ3v) is 2.70. The van der Waals surface area contributed by atoms with Crippen molar-refractivity contribution in [3.8, 4) is 0 Å². The minimum absolute atomic E-state index is 0.178. The van der Waals surface area contributed by atoms with E-state index < -0.39 is 4.65 Å². The maximum Gasteiger partial charge on any atom is 0.377 e. The maximum atomic E-state index is 11.9. The van der Waals surface area contributed by atoms with Gasteiger partial charge in [-0.3, -0.25) is 0 Å². The van der Waals surface area contributed by atoms with Crippen molar-refractivity contribution in [3.63, 3.8) is 0 Å². The minimum Gasteiger partial charge on any atom is -0.222 e. The summed E-state index contributed by atoms with van der Waals surface area (Å²) >= 11 is 0. The zero-order valence-electron chi connectivity index (χ0n) is 8.02. The Morgan fingerprint density at radius 3 is 2.29 bits per heavy atom.